The van der Waals surface area contributed by atoms with Crippen LogP contribution in [-0.2, 0) is 26.0 Å². The van der Waals surface area contributed by atoms with Crippen LogP contribution in [0.15, 0.2) is 95.9 Å². The summed E-state index contributed by atoms with van der Waals surface area (Å²) in [5.41, 5.74) is 1.40. The Bertz CT molecular complexity index is 1240. The Labute approximate surface area is 220 Å². The van der Waals surface area contributed by atoms with Crippen molar-refractivity contribution in [2.75, 3.05) is 23.9 Å². The number of hydrogen-bond acceptors (Lipinski definition) is 4. The molecule has 37 heavy (non-hydrogen) atoms. The zero-order valence-electron chi connectivity index (χ0n) is 21.4. The highest BCUT2D eigenvalue weighted by atomic mass is 32.2. The van der Waals surface area contributed by atoms with Gasteiger partial charge >= 0.3 is 0 Å². The van der Waals surface area contributed by atoms with E-state index < -0.39 is 28.5 Å². The van der Waals surface area contributed by atoms with E-state index in [0.29, 0.717) is 18.7 Å². The van der Waals surface area contributed by atoms with E-state index in [1.807, 2.05) is 37.3 Å². The van der Waals surface area contributed by atoms with E-state index in [-0.39, 0.29) is 17.3 Å². The van der Waals surface area contributed by atoms with Crippen LogP contribution in [-0.4, -0.2) is 50.8 Å². The zero-order valence-corrected chi connectivity index (χ0v) is 22.2. The van der Waals surface area contributed by atoms with Gasteiger partial charge in [0.25, 0.3) is 10.0 Å². The van der Waals surface area contributed by atoms with Gasteiger partial charge in [0.05, 0.1) is 10.6 Å². The van der Waals surface area contributed by atoms with Gasteiger partial charge < -0.3 is 10.2 Å². The molecule has 0 aliphatic rings. The van der Waals surface area contributed by atoms with Crippen LogP contribution in [0.4, 0.5) is 5.69 Å². The third kappa shape index (κ3) is 7.67. The lowest BCUT2D eigenvalue weighted by molar-refractivity contribution is -0.138. The molecule has 0 aromatic heterocycles. The van der Waals surface area contributed by atoms with Crippen LogP contribution in [0.2, 0.25) is 0 Å². The summed E-state index contributed by atoms with van der Waals surface area (Å²) in [5.74, 6) is -0.704. The van der Waals surface area contributed by atoms with Crippen molar-refractivity contribution in [2.24, 2.45) is 0 Å². The third-order valence-electron chi connectivity index (χ3n) is 6.14. The maximum absolute atomic E-state index is 13.7. The summed E-state index contributed by atoms with van der Waals surface area (Å²) in [6, 6.07) is 25.5. The highest BCUT2D eigenvalue weighted by Gasteiger charge is 2.32. The number of sulfonamides is 1. The Hall–Kier alpha value is -3.65. The van der Waals surface area contributed by atoms with E-state index in [9.17, 15) is 18.0 Å². The van der Waals surface area contributed by atoms with Gasteiger partial charge in [-0.15, -0.1) is 0 Å². The number of rotatable bonds is 13. The Balaban J connectivity index is 1.90. The number of carbonyl (C=O) groups excluding carboxylic acids is 2. The molecule has 0 spiro atoms. The number of nitrogens with zero attached hydrogens (tertiary/aromatic N) is 2. The monoisotopic (exact) mass is 521 g/mol. The molecule has 3 rings (SSSR count). The number of unbranched alkanes of at least 4 members (excludes halogenated alkanes) is 1. The quantitative estimate of drug-likeness (QED) is 0.341. The first-order valence-electron chi connectivity index (χ1n) is 12.6. The van der Waals surface area contributed by atoms with Crippen LogP contribution < -0.4 is 9.62 Å². The average Bonchev–Trinajstić information content (AvgIpc) is 2.93. The molecular formula is C29H35N3O4S. The predicted octanol–water partition coefficient (Wildman–Crippen LogP) is 4.26. The van der Waals surface area contributed by atoms with Crippen molar-refractivity contribution >= 4 is 27.5 Å². The van der Waals surface area contributed by atoms with Crippen molar-refractivity contribution in [1.29, 1.82) is 0 Å². The Morgan fingerprint density at radius 1 is 0.865 bits per heavy atom. The molecule has 0 aliphatic heterocycles. The molecule has 0 radical (unpaired) electrons. The summed E-state index contributed by atoms with van der Waals surface area (Å²) >= 11 is 0. The van der Waals surface area contributed by atoms with Gasteiger partial charge in [-0.1, -0.05) is 80.1 Å². The molecule has 1 unspecified atom stereocenters. The number of anilines is 1. The molecule has 3 aromatic carbocycles. The first-order chi connectivity index (χ1) is 17.8. The maximum atomic E-state index is 13.7. The van der Waals surface area contributed by atoms with Gasteiger partial charge in [0, 0.05) is 13.1 Å². The summed E-state index contributed by atoms with van der Waals surface area (Å²) in [6.07, 6.45) is 2.32. The van der Waals surface area contributed by atoms with Gasteiger partial charge in [-0.25, -0.2) is 8.42 Å². The second-order valence-corrected chi connectivity index (χ2v) is 10.7. The highest BCUT2D eigenvalue weighted by Crippen LogP contribution is 2.24. The first kappa shape index (κ1) is 27.9. The summed E-state index contributed by atoms with van der Waals surface area (Å²) in [5, 5.41) is 2.89. The minimum absolute atomic E-state index is 0.0906. The fourth-order valence-electron chi connectivity index (χ4n) is 3.95. The maximum Gasteiger partial charge on any atom is 0.264 e. The first-order valence-corrected chi connectivity index (χ1v) is 14.0. The van der Waals surface area contributed by atoms with Gasteiger partial charge in [0.2, 0.25) is 11.8 Å². The molecule has 0 fully saturated rings. The second kappa shape index (κ2) is 13.6. The van der Waals surface area contributed by atoms with Crippen molar-refractivity contribution in [3.63, 3.8) is 0 Å². The van der Waals surface area contributed by atoms with Crippen molar-refractivity contribution < 1.29 is 18.0 Å². The van der Waals surface area contributed by atoms with Crippen LogP contribution in [0.5, 0.6) is 0 Å². The number of hydrogen-bond donors (Lipinski definition) is 1. The molecular weight excluding hydrogens is 486 g/mol. The second-order valence-electron chi connectivity index (χ2n) is 8.80. The predicted molar refractivity (Wildman–Crippen MR) is 147 cm³/mol. The fraction of sp³-hybridized carbons (Fsp3) is 0.310. The van der Waals surface area contributed by atoms with Crippen LogP contribution >= 0.6 is 0 Å². The fourth-order valence-corrected chi connectivity index (χ4v) is 5.38. The topological polar surface area (TPSA) is 86.8 Å². The molecule has 2 amide bonds. The van der Waals surface area contributed by atoms with E-state index in [1.165, 1.54) is 17.0 Å². The zero-order chi connectivity index (χ0) is 26.7. The molecule has 0 saturated carbocycles. The molecule has 1 atom stereocenters. The smallest absolute Gasteiger partial charge is 0.264 e. The van der Waals surface area contributed by atoms with Crippen LogP contribution in [0.3, 0.4) is 0 Å². The van der Waals surface area contributed by atoms with Gasteiger partial charge in [-0.05, 0) is 49.6 Å². The lowest BCUT2D eigenvalue weighted by Crippen LogP contribution is -2.52. The van der Waals surface area contributed by atoms with E-state index >= 15 is 0 Å². The highest BCUT2D eigenvalue weighted by molar-refractivity contribution is 7.92. The van der Waals surface area contributed by atoms with E-state index in [0.717, 1.165) is 22.7 Å². The van der Waals surface area contributed by atoms with E-state index in [1.54, 1.807) is 55.5 Å². The molecule has 0 saturated heterocycles. The number of benzene rings is 3. The summed E-state index contributed by atoms with van der Waals surface area (Å²) in [4.78, 5) is 28.2. The van der Waals surface area contributed by atoms with Gasteiger partial charge in [-0.2, -0.15) is 0 Å². The molecule has 7 nitrogen and oxygen atoms in total. The normalized spacial score (nSPS) is 11.9. The van der Waals surface area contributed by atoms with Crippen LogP contribution in [0.25, 0.3) is 0 Å². The molecule has 196 valence electrons. The van der Waals surface area contributed by atoms with Crippen LogP contribution in [0.1, 0.15) is 32.3 Å². The van der Waals surface area contributed by atoms with E-state index in [2.05, 4.69) is 5.32 Å². The minimum atomic E-state index is -4.03. The average molecular weight is 522 g/mol. The summed E-state index contributed by atoms with van der Waals surface area (Å²) in [6.45, 7) is 4.10. The minimum Gasteiger partial charge on any atom is -0.354 e. The molecule has 0 aliphatic carbocycles. The molecule has 1 N–H and O–H groups in total. The van der Waals surface area contributed by atoms with Crippen molar-refractivity contribution in [2.45, 2.75) is 44.0 Å². The SMILES string of the molecule is CCCCNC(=O)C(C)N(CCc1ccccc1)C(=O)CN(c1ccccc1)S(=O)(=O)c1ccccc1. The van der Waals surface area contributed by atoms with Gasteiger partial charge in [-0.3, -0.25) is 13.9 Å². The van der Waals surface area contributed by atoms with Crippen molar-refractivity contribution in [3.05, 3.63) is 96.6 Å². The number of carbonyl (C=O) groups is 2. The lowest BCUT2D eigenvalue weighted by Gasteiger charge is -2.32. The third-order valence-corrected chi connectivity index (χ3v) is 7.92. The number of para-hydroxylation sites is 1. The Kier molecular flexibility index (Phi) is 10.3. The van der Waals surface area contributed by atoms with Gasteiger partial charge in [0.1, 0.15) is 12.6 Å². The summed E-state index contributed by atoms with van der Waals surface area (Å²) < 4.78 is 28.4. The molecule has 0 heterocycles. The lowest BCUT2D eigenvalue weighted by atomic mass is 10.1. The molecule has 8 heteroatoms. The Morgan fingerprint density at radius 2 is 1.43 bits per heavy atom. The van der Waals surface area contributed by atoms with Gasteiger partial charge in [0.15, 0.2) is 0 Å². The largest absolute Gasteiger partial charge is 0.354 e. The van der Waals surface area contributed by atoms with Crippen molar-refractivity contribution in [3.8, 4) is 0 Å². The molecule has 0 bridgehead atoms. The number of nitrogens with one attached hydrogen (secondary N) is 1. The van der Waals surface area contributed by atoms with Crippen LogP contribution in [0, 0.1) is 0 Å². The molecule has 3 aromatic rings. The van der Waals surface area contributed by atoms with E-state index in [4.69, 9.17) is 0 Å². The number of amides is 2. The standard InChI is InChI=1S/C29H35N3O4S/c1-3-4-21-30-29(34)24(2)31(22-20-25-14-8-5-9-15-25)28(33)23-32(26-16-10-6-11-17-26)37(35,36)27-18-12-7-13-19-27/h5-19,24H,3-4,20-23H2,1-2H3,(H,30,34). The Morgan fingerprint density at radius 3 is 2.03 bits per heavy atom. The summed E-state index contributed by atoms with van der Waals surface area (Å²) in [7, 11) is -4.03. The van der Waals surface area contributed by atoms with Crippen molar-refractivity contribution in [1.82, 2.24) is 10.2 Å².